The van der Waals surface area contributed by atoms with Crippen molar-refractivity contribution >= 4 is 18.0 Å². The summed E-state index contributed by atoms with van der Waals surface area (Å²) in [7, 11) is 0. The van der Waals surface area contributed by atoms with Crippen LogP contribution in [0.5, 0.6) is 0 Å². The van der Waals surface area contributed by atoms with Crippen molar-refractivity contribution in [3.8, 4) is 0 Å². The predicted molar refractivity (Wildman–Crippen MR) is 140 cm³/mol. The zero-order valence-corrected chi connectivity index (χ0v) is 22.0. The number of hydrogen-bond acceptors (Lipinski definition) is 6. The number of ether oxygens (including phenoxy) is 3. The Morgan fingerprint density at radius 1 is 0.946 bits per heavy atom. The fraction of sp³-hybridized carbons (Fsp3) is 0.484. The van der Waals surface area contributed by atoms with Crippen molar-refractivity contribution in [3.63, 3.8) is 0 Å². The van der Waals surface area contributed by atoms with Gasteiger partial charge in [-0.3, -0.25) is 0 Å². The molecule has 1 heterocycles. The van der Waals surface area contributed by atoms with Crippen LogP contribution in [0.1, 0.15) is 69.3 Å². The quantitative estimate of drug-likeness (QED) is 0.437. The van der Waals surface area contributed by atoms with Gasteiger partial charge in [0.2, 0.25) is 0 Å². The van der Waals surface area contributed by atoms with Crippen LogP contribution in [0.15, 0.2) is 66.7 Å². The highest BCUT2D eigenvalue weighted by Gasteiger charge is 2.77. The number of carbonyl (C=O) groups excluding carboxylic acids is 2. The van der Waals surface area contributed by atoms with Crippen LogP contribution in [-0.4, -0.2) is 46.1 Å². The van der Waals surface area contributed by atoms with Crippen LogP contribution in [0, 0.1) is 11.3 Å². The third-order valence-corrected chi connectivity index (χ3v) is 9.15. The van der Waals surface area contributed by atoms with E-state index in [-0.39, 0.29) is 5.92 Å². The van der Waals surface area contributed by atoms with E-state index in [1.54, 1.807) is 37.3 Å². The lowest BCUT2D eigenvalue weighted by atomic mass is 9.49. The van der Waals surface area contributed by atoms with Crippen LogP contribution in [0.3, 0.4) is 0 Å². The molecule has 2 aromatic carbocycles. The molecule has 0 amide bonds. The molecule has 1 spiro atoms. The smallest absolute Gasteiger partial charge is 0.338 e. The molecule has 1 N–H and O–H groups in total. The maximum absolute atomic E-state index is 13.2. The van der Waals surface area contributed by atoms with Gasteiger partial charge in [0.25, 0.3) is 0 Å². The summed E-state index contributed by atoms with van der Waals surface area (Å²) in [4.78, 5) is 26.3. The molecule has 2 aliphatic carbocycles. The van der Waals surface area contributed by atoms with E-state index in [0.717, 1.165) is 5.56 Å². The first-order valence-corrected chi connectivity index (χ1v) is 13.1. The Hall–Kier alpha value is -2.96. The third-order valence-electron chi connectivity index (χ3n) is 9.15. The van der Waals surface area contributed by atoms with E-state index in [9.17, 15) is 14.7 Å². The first-order chi connectivity index (χ1) is 17.5. The van der Waals surface area contributed by atoms with E-state index >= 15 is 0 Å². The summed E-state index contributed by atoms with van der Waals surface area (Å²) in [6, 6.07) is 18.4. The van der Waals surface area contributed by atoms with Crippen molar-refractivity contribution in [2.75, 3.05) is 0 Å². The van der Waals surface area contributed by atoms with Crippen LogP contribution in [0.25, 0.3) is 6.08 Å². The lowest BCUT2D eigenvalue weighted by Gasteiger charge is -2.62. The average Bonchev–Trinajstić information content (AvgIpc) is 3.12. The molecule has 3 aliphatic rings. The Morgan fingerprint density at radius 2 is 1.59 bits per heavy atom. The Bertz CT molecular complexity index is 1190. The Labute approximate surface area is 218 Å². The van der Waals surface area contributed by atoms with Crippen molar-refractivity contribution in [2.45, 2.75) is 82.4 Å². The Morgan fingerprint density at radius 3 is 2.27 bits per heavy atom. The molecule has 0 aromatic heterocycles. The van der Waals surface area contributed by atoms with Crippen LogP contribution in [0.2, 0.25) is 0 Å². The van der Waals surface area contributed by atoms with Gasteiger partial charge in [-0.1, -0.05) is 48.5 Å². The van der Waals surface area contributed by atoms with Crippen LogP contribution < -0.4 is 0 Å². The first kappa shape index (κ1) is 25.7. The summed E-state index contributed by atoms with van der Waals surface area (Å²) in [6.45, 7) is 7.82. The van der Waals surface area contributed by atoms with Crippen molar-refractivity contribution in [2.24, 2.45) is 11.3 Å². The second-order valence-corrected chi connectivity index (χ2v) is 11.7. The van der Waals surface area contributed by atoms with E-state index in [4.69, 9.17) is 14.2 Å². The minimum Gasteiger partial charge on any atom is -0.458 e. The molecule has 37 heavy (non-hydrogen) atoms. The minimum absolute atomic E-state index is 0.0755. The molecule has 2 bridgehead atoms. The SMILES string of the molecule is CC1(C)OC23CC1CC(OC(=O)C=Cc1ccccc1)C2(C)C(OC(=O)c1ccccc1)CCC3(C)O. The second-order valence-electron chi connectivity index (χ2n) is 11.7. The van der Waals surface area contributed by atoms with Gasteiger partial charge in [0, 0.05) is 6.08 Å². The number of carbonyl (C=O) groups is 2. The van der Waals surface area contributed by atoms with Gasteiger partial charge in [-0.25, -0.2) is 9.59 Å². The van der Waals surface area contributed by atoms with Gasteiger partial charge in [0.1, 0.15) is 17.8 Å². The molecule has 5 rings (SSSR count). The first-order valence-electron chi connectivity index (χ1n) is 13.1. The lowest BCUT2D eigenvalue weighted by molar-refractivity contribution is -0.304. The lowest BCUT2D eigenvalue weighted by Crippen LogP contribution is -2.74. The van der Waals surface area contributed by atoms with Gasteiger partial charge in [0.05, 0.1) is 22.2 Å². The summed E-state index contributed by atoms with van der Waals surface area (Å²) in [5, 5.41) is 11.8. The number of benzene rings is 2. The van der Waals surface area contributed by atoms with Gasteiger partial charge in [-0.15, -0.1) is 0 Å². The Kier molecular flexibility index (Phi) is 6.32. The van der Waals surface area contributed by atoms with Gasteiger partial charge in [-0.05, 0) is 83.1 Å². The fourth-order valence-electron chi connectivity index (χ4n) is 6.95. The second kappa shape index (κ2) is 9.10. The number of fused-ring (bicyclic) bond motifs is 1. The molecular formula is C31H36O6. The van der Waals surface area contributed by atoms with Crippen LogP contribution in [0.4, 0.5) is 0 Å². The molecule has 6 nitrogen and oxygen atoms in total. The summed E-state index contributed by atoms with van der Waals surface area (Å²) >= 11 is 0. The van der Waals surface area contributed by atoms with Gasteiger partial charge in [0.15, 0.2) is 0 Å². The third kappa shape index (κ3) is 4.20. The zero-order chi connectivity index (χ0) is 26.5. The topological polar surface area (TPSA) is 82.1 Å². The van der Waals surface area contributed by atoms with Crippen molar-refractivity contribution in [1.29, 1.82) is 0 Å². The highest BCUT2D eigenvalue weighted by Crippen LogP contribution is 2.67. The monoisotopic (exact) mass is 504 g/mol. The molecule has 2 saturated carbocycles. The predicted octanol–water partition coefficient (Wildman–Crippen LogP) is 5.35. The van der Waals surface area contributed by atoms with Crippen LogP contribution in [-0.2, 0) is 19.0 Å². The highest BCUT2D eigenvalue weighted by molar-refractivity contribution is 5.89. The maximum atomic E-state index is 13.2. The van der Waals surface area contributed by atoms with Gasteiger partial charge in [-0.2, -0.15) is 0 Å². The normalized spacial score (nSPS) is 36.1. The fourth-order valence-corrected chi connectivity index (χ4v) is 6.95. The van der Waals surface area contributed by atoms with Crippen molar-refractivity contribution < 1.29 is 28.9 Å². The van der Waals surface area contributed by atoms with Crippen molar-refractivity contribution in [1.82, 2.24) is 0 Å². The number of aliphatic hydroxyl groups is 1. The average molecular weight is 505 g/mol. The molecule has 196 valence electrons. The van der Waals surface area contributed by atoms with E-state index in [2.05, 4.69) is 0 Å². The number of esters is 2. The van der Waals surface area contributed by atoms with E-state index in [1.807, 2.05) is 57.2 Å². The maximum Gasteiger partial charge on any atom is 0.338 e. The van der Waals surface area contributed by atoms with E-state index < -0.39 is 46.4 Å². The van der Waals surface area contributed by atoms with E-state index in [0.29, 0.717) is 31.2 Å². The van der Waals surface area contributed by atoms with Crippen molar-refractivity contribution in [3.05, 3.63) is 77.9 Å². The molecule has 3 fully saturated rings. The van der Waals surface area contributed by atoms with Crippen LogP contribution >= 0.6 is 0 Å². The molecule has 1 aliphatic heterocycles. The number of rotatable bonds is 5. The highest BCUT2D eigenvalue weighted by atomic mass is 16.6. The molecule has 6 unspecified atom stereocenters. The van der Waals surface area contributed by atoms with Gasteiger partial charge < -0.3 is 19.3 Å². The standard InChI is InChI=1S/C31H36O6/c1-28(2)23-19-25(35-26(32)16-15-21-11-7-5-8-12-21)30(4)24(36-27(33)22-13-9-6-10-14-22)17-18-29(3,34)31(30,20-23)37-28/h5-16,23-25,34H,17-20H2,1-4H3. The molecule has 1 saturated heterocycles. The summed E-state index contributed by atoms with van der Waals surface area (Å²) in [6.07, 6.45) is 3.95. The Balaban J connectivity index is 1.50. The summed E-state index contributed by atoms with van der Waals surface area (Å²) in [5.41, 5.74) is -2.37. The largest absolute Gasteiger partial charge is 0.458 e. The molecule has 0 radical (unpaired) electrons. The van der Waals surface area contributed by atoms with E-state index in [1.165, 1.54) is 6.08 Å². The molecular weight excluding hydrogens is 468 g/mol. The molecule has 2 aromatic rings. The number of hydrogen-bond donors (Lipinski definition) is 1. The van der Waals surface area contributed by atoms with Gasteiger partial charge >= 0.3 is 11.9 Å². The zero-order valence-electron chi connectivity index (χ0n) is 22.0. The molecule has 6 atom stereocenters. The minimum atomic E-state index is -1.19. The summed E-state index contributed by atoms with van der Waals surface area (Å²) in [5.74, 6) is -0.828. The summed E-state index contributed by atoms with van der Waals surface area (Å²) < 4.78 is 19.1. The molecule has 6 heteroatoms.